The molecule has 9 rings (SSSR count). The first kappa shape index (κ1) is 27.1. The van der Waals surface area contributed by atoms with Gasteiger partial charge in [-0.1, -0.05) is 115 Å². The summed E-state index contributed by atoms with van der Waals surface area (Å²) in [4.78, 5) is 17.1. The molecule has 3 atom stereocenters. The van der Waals surface area contributed by atoms with Crippen LogP contribution in [-0.2, 0) is 10.4 Å². The van der Waals surface area contributed by atoms with E-state index in [4.69, 9.17) is 15.0 Å². The van der Waals surface area contributed by atoms with Crippen molar-refractivity contribution in [2.75, 3.05) is 0 Å². The first-order chi connectivity index (χ1) is 22.5. The van der Waals surface area contributed by atoms with Crippen LogP contribution in [-0.4, -0.2) is 21.2 Å². The van der Waals surface area contributed by atoms with Gasteiger partial charge in [0.05, 0.1) is 10.3 Å². The summed E-state index contributed by atoms with van der Waals surface area (Å²) in [5.74, 6) is 2.61. The van der Waals surface area contributed by atoms with Crippen LogP contribution in [0, 0.1) is 0 Å². The smallest absolute Gasteiger partial charge is 0.177 e. The number of allylic oxidation sites excluding steroid dienone is 1. The van der Waals surface area contributed by atoms with Crippen molar-refractivity contribution in [3.05, 3.63) is 167 Å². The maximum Gasteiger partial charge on any atom is 0.177 e. The first-order valence-corrected chi connectivity index (χ1v) is 16.5. The molecule has 3 unspecified atom stereocenters. The third-order valence-corrected chi connectivity index (χ3v) is 10.9. The number of rotatable bonds is 4. The standard InChI is InChI=1S/C40H31N5S/c1-39-31(30-19-10-12-22-34(30)46-39)25-24-29-28-18-9-11-21-33(28)45(36(29)39)35-23-13-20-32(41-35)38-42-37(26-14-5-3-6-15-26)43-40(2,44-38)27-16-7-4-8-17-27/h3-25,31H,1-2H3,(H,42,43,44). The van der Waals surface area contributed by atoms with Gasteiger partial charge >= 0.3 is 0 Å². The fourth-order valence-corrected chi connectivity index (χ4v) is 8.85. The van der Waals surface area contributed by atoms with E-state index < -0.39 is 5.66 Å². The average molecular weight is 614 g/mol. The second-order valence-corrected chi connectivity index (χ2v) is 13.9. The Kier molecular flexibility index (Phi) is 5.99. The van der Waals surface area contributed by atoms with Gasteiger partial charge in [-0.05, 0) is 43.7 Å². The molecule has 0 fully saturated rings. The highest BCUT2D eigenvalue weighted by Crippen LogP contribution is 2.62. The molecule has 0 bridgehead atoms. The Morgan fingerprint density at radius 3 is 2.28 bits per heavy atom. The number of hydrogen-bond donors (Lipinski definition) is 1. The van der Waals surface area contributed by atoms with Crippen LogP contribution in [0.2, 0.25) is 0 Å². The zero-order valence-electron chi connectivity index (χ0n) is 25.6. The summed E-state index contributed by atoms with van der Waals surface area (Å²) in [6.45, 7) is 4.46. The van der Waals surface area contributed by atoms with E-state index in [9.17, 15) is 0 Å². The fraction of sp³-hybridized carbons (Fsp3) is 0.125. The number of hydrogen-bond acceptors (Lipinski definition) is 5. The summed E-state index contributed by atoms with van der Waals surface area (Å²) >= 11 is 1.97. The van der Waals surface area contributed by atoms with Crippen molar-refractivity contribution in [3.8, 4) is 5.82 Å². The Hall–Kier alpha value is -5.20. The molecule has 6 heteroatoms. The fourth-order valence-electron chi connectivity index (χ4n) is 7.30. The Morgan fingerprint density at radius 2 is 1.43 bits per heavy atom. The summed E-state index contributed by atoms with van der Waals surface area (Å²) < 4.78 is 2.19. The molecule has 222 valence electrons. The van der Waals surface area contributed by atoms with Crippen LogP contribution in [0.15, 0.2) is 148 Å². The molecule has 4 heterocycles. The van der Waals surface area contributed by atoms with E-state index in [1.54, 1.807) is 0 Å². The van der Waals surface area contributed by atoms with Gasteiger partial charge in [-0.25, -0.2) is 15.0 Å². The van der Waals surface area contributed by atoms with E-state index in [0.717, 1.165) is 34.0 Å². The molecular formula is C40H31N5S. The highest BCUT2D eigenvalue weighted by atomic mass is 32.2. The lowest BCUT2D eigenvalue weighted by Crippen LogP contribution is -2.41. The lowest BCUT2D eigenvalue weighted by Gasteiger charge is -2.34. The van der Waals surface area contributed by atoms with Crippen LogP contribution < -0.4 is 5.32 Å². The Labute approximate surface area is 272 Å². The monoisotopic (exact) mass is 613 g/mol. The van der Waals surface area contributed by atoms with E-state index >= 15 is 0 Å². The number of nitrogens with zero attached hydrogens (tertiary/aromatic N) is 4. The average Bonchev–Trinajstić information content (AvgIpc) is 3.61. The minimum atomic E-state index is -0.818. The largest absolute Gasteiger partial charge is 0.323 e. The minimum Gasteiger partial charge on any atom is -0.323 e. The van der Waals surface area contributed by atoms with Crippen molar-refractivity contribution in [2.24, 2.45) is 9.98 Å². The van der Waals surface area contributed by atoms with Crippen LogP contribution in [0.3, 0.4) is 0 Å². The molecule has 0 spiro atoms. The van der Waals surface area contributed by atoms with Crippen molar-refractivity contribution < 1.29 is 0 Å². The highest BCUT2D eigenvalue weighted by Gasteiger charge is 2.49. The molecular weight excluding hydrogens is 583 g/mol. The normalized spacial score (nSPS) is 22.8. The topological polar surface area (TPSA) is 54.6 Å². The third kappa shape index (κ3) is 4.06. The molecule has 1 N–H and O–H groups in total. The minimum absolute atomic E-state index is 0.190. The van der Waals surface area contributed by atoms with Crippen molar-refractivity contribution in [3.63, 3.8) is 0 Å². The summed E-state index contributed by atoms with van der Waals surface area (Å²) in [7, 11) is 0. The first-order valence-electron chi connectivity index (χ1n) is 15.7. The zero-order valence-corrected chi connectivity index (χ0v) is 26.4. The predicted molar refractivity (Wildman–Crippen MR) is 189 cm³/mol. The number of fused-ring (bicyclic) bond motifs is 7. The van der Waals surface area contributed by atoms with Crippen LogP contribution in [0.5, 0.6) is 0 Å². The van der Waals surface area contributed by atoms with E-state index in [2.05, 4.69) is 121 Å². The second kappa shape index (κ2) is 10.2. The summed E-state index contributed by atoms with van der Waals surface area (Å²) in [6, 6.07) is 44.3. The Morgan fingerprint density at radius 1 is 0.717 bits per heavy atom. The van der Waals surface area contributed by atoms with Gasteiger partial charge in [-0.3, -0.25) is 4.57 Å². The number of nitrogens with one attached hydrogen (secondary N) is 1. The lowest BCUT2D eigenvalue weighted by molar-refractivity contribution is 0.518. The van der Waals surface area contributed by atoms with Crippen LogP contribution in [0.1, 0.15) is 53.4 Å². The molecule has 46 heavy (non-hydrogen) atoms. The maximum atomic E-state index is 5.36. The van der Waals surface area contributed by atoms with Crippen LogP contribution in [0.25, 0.3) is 22.8 Å². The van der Waals surface area contributed by atoms with E-state index in [1.807, 2.05) is 54.2 Å². The predicted octanol–water partition coefficient (Wildman–Crippen LogP) is 8.83. The number of benzene rings is 4. The van der Waals surface area contributed by atoms with Crippen molar-refractivity contribution in [2.45, 2.75) is 35.1 Å². The molecule has 3 aliphatic rings. The maximum absolute atomic E-state index is 5.36. The number of aliphatic imine (C=N–C) groups is 2. The third-order valence-electron chi connectivity index (χ3n) is 9.48. The summed E-state index contributed by atoms with van der Waals surface area (Å²) in [6.07, 6.45) is 4.73. The summed E-state index contributed by atoms with van der Waals surface area (Å²) in [5.41, 5.74) is 7.07. The molecule has 0 saturated heterocycles. The zero-order chi connectivity index (χ0) is 30.9. The molecule has 2 aliphatic heterocycles. The molecule has 4 aromatic carbocycles. The van der Waals surface area contributed by atoms with E-state index in [0.29, 0.717) is 5.84 Å². The van der Waals surface area contributed by atoms with Gasteiger partial charge in [0.15, 0.2) is 11.5 Å². The van der Waals surface area contributed by atoms with Gasteiger partial charge in [0, 0.05) is 38.6 Å². The molecule has 0 radical (unpaired) electrons. The molecule has 6 aromatic rings. The Balaban J connectivity index is 1.22. The molecule has 2 aromatic heterocycles. The van der Waals surface area contributed by atoms with Gasteiger partial charge in [0.2, 0.25) is 0 Å². The van der Waals surface area contributed by atoms with Crippen LogP contribution in [0.4, 0.5) is 0 Å². The number of aromatic nitrogens is 2. The van der Waals surface area contributed by atoms with Gasteiger partial charge in [0.1, 0.15) is 17.3 Å². The molecule has 0 amide bonds. The second-order valence-electron chi connectivity index (χ2n) is 12.4. The van der Waals surface area contributed by atoms with Gasteiger partial charge in [0.25, 0.3) is 0 Å². The van der Waals surface area contributed by atoms with Gasteiger partial charge in [-0.2, -0.15) is 0 Å². The van der Waals surface area contributed by atoms with Crippen LogP contribution >= 0.6 is 11.8 Å². The quantitative estimate of drug-likeness (QED) is 0.216. The van der Waals surface area contributed by atoms with Crippen molar-refractivity contribution >= 4 is 40.4 Å². The molecule has 0 saturated carbocycles. The van der Waals surface area contributed by atoms with Crippen molar-refractivity contribution in [1.82, 2.24) is 14.9 Å². The molecule has 1 aliphatic carbocycles. The number of pyridine rings is 1. The number of thioether (sulfide) groups is 1. The molecule has 5 nitrogen and oxygen atoms in total. The van der Waals surface area contributed by atoms with E-state index in [-0.39, 0.29) is 10.7 Å². The lowest BCUT2D eigenvalue weighted by atomic mass is 9.79. The number of para-hydroxylation sites is 1. The van der Waals surface area contributed by atoms with Gasteiger partial charge < -0.3 is 5.32 Å². The Bertz CT molecular complexity index is 2250. The highest BCUT2D eigenvalue weighted by molar-refractivity contribution is 8.00. The summed E-state index contributed by atoms with van der Waals surface area (Å²) in [5, 5.41) is 4.79. The van der Waals surface area contributed by atoms with Gasteiger partial charge in [-0.15, -0.1) is 11.8 Å². The number of amidine groups is 2. The van der Waals surface area contributed by atoms with Crippen molar-refractivity contribution in [1.29, 1.82) is 0 Å². The SMILES string of the molecule is CC1(c2ccccc2)N=C(c2ccccc2)NC(c2cccc(-n3c4c(c5ccccc53)C=CC3c5ccccc5SC43C)n2)=N1. The van der Waals surface area contributed by atoms with E-state index in [1.165, 1.54) is 27.1 Å².